The second-order valence-corrected chi connectivity index (χ2v) is 8.48. The molecule has 0 aliphatic heterocycles. The van der Waals surface area contributed by atoms with Crippen LogP contribution < -0.4 is 16.6 Å². The van der Waals surface area contributed by atoms with Gasteiger partial charge in [-0.2, -0.15) is 10.1 Å². The molecule has 4 heterocycles. The zero-order valence-corrected chi connectivity index (χ0v) is 20.1. The molecule has 36 heavy (non-hydrogen) atoms. The Kier molecular flexibility index (Phi) is 6.12. The van der Waals surface area contributed by atoms with Crippen LogP contribution in [0.1, 0.15) is 24.5 Å². The van der Waals surface area contributed by atoms with E-state index < -0.39 is 6.04 Å². The van der Waals surface area contributed by atoms with Gasteiger partial charge in [0.25, 0.3) is 11.4 Å². The number of aryl methyl sites for hydroxylation is 1. The van der Waals surface area contributed by atoms with Gasteiger partial charge in [0.2, 0.25) is 0 Å². The second-order valence-electron chi connectivity index (χ2n) is 8.07. The molecule has 184 valence electrons. The van der Waals surface area contributed by atoms with Crippen LogP contribution in [0.15, 0.2) is 52.2 Å². The first-order valence-electron chi connectivity index (χ1n) is 11.0. The van der Waals surface area contributed by atoms with Crippen molar-refractivity contribution < 1.29 is 9.63 Å². The molecular formula is C23H22ClN9O3. The molecule has 0 aliphatic carbocycles. The fourth-order valence-corrected chi connectivity index (χ4v) is 4.25. The first-order valence-corrected chi connectivity index (χ1v) is 11.4. The summed E-state index contributed by atoms with van der Waals surface area (Å²) in [7, 11) is 0. The largest absolute Gasteiger partial charge is 0.394 e. The molecule has 0 radical (unpaired) electrons. The third-order valence-corrected chi connectivity index (χ3v) is 5.94. The van der Waals surface area contributed by atoms with Crippen molar-refractivity contribution in [2.45, 2.75) is 26.4 Å². The lowest BCUT2D eigenvalue weighted by molar-refractivity contribution is 0.269. The maximum Gasteiger partial charge on any atom is 0.266 e. The van der Waals surface area contributed by atoms with E-state index >= 15 is 0 Å². The van der Waals surface area contributed by atoms with Crippen LogP contribution in [0.3, 0.4) is 0 Å². The van der Waals surface area contributed by atoms with E-state index in [0.29, 0.717) is 51.1 Å². The lowest BCUT2D eigenvalue weighted by Gasteiger charge is -2.21. The van der Waals surface area contributed by atoms with E-state index in [-0.39, 0.29) is 23.9 Å². The highest BCUT2D eigenvalue weighted by molar-refractivity contribution is 6.35. The van der Waals surface area contributed by atoms with Gasteiger partial charge in [-0.05, 0) is 31.4 Å². The summed E-state index contributed by atoms with van der Waals surface area (Å²) in [6, 6.07) is 8.37. The zero-order valence-electron chi connectivity index (χ0n) is 19.4. The summed E-state index contributed by atoms with van der Waals surface area (Å²) in [6.45, 7) is 3.77. The van der Waals surface area contributed by atoms with Crippen molar-refractivity contribution in [2.24, 2.45) is 0 Å². The van der Waals surface area contributed by atoms with E-state index in [4.69, 9.17) is 21.9 Å². The highest BCUT2D eigenvalue weighted by Crippen LogP contribution is 2.32. The Morgan fingerprint density at radius 3 is 2.86 bits per heavy atom. The number of benzene rings is 1. The Labute approximate surface area is 209 Å². The van der Waals surface area contributed by atoms with E-state index in [2.05, 4.69) is 30.5 Å². The van der Waals surface area contributed by atoms with Crippen LogP contribution in [0.4, 0.5) is 11.6 Å². The number of aliphatic hydroxyl groups is 1. The normalized spacial score (nSPS) is 12.2. The van der Waals surface area contributed by atoms with Crippen molar-refractivity contribution >= 4 is 34.0 Å². The third-order valence-electron chi connectivity index (χ3n) is 5.62. The number of aromatic nitrogens is 7. The Morgan fingerprint density at radius 1 is 1.28 bits per heavy atom. The molecule has 0 bridgehead atoms. The molecule has 12 nitrogen and oxygen atoms in total. The standard InChI is InChI=1S/C23H22ClN9O3/c1-12(28-21-19(20(25)26-11-27-21)22-29-13(2)31-36-22)16-10-14-4-3-5-15(24)18(14)23(35)33(16)17-6-7-32(30-17)8-9-34/h3-7,10-12,34H,8-9H2,1-2H3,(H3,25,26,27,28). The predicted octanol–water partition coefficient (Wildman–Crippen LogP) is 2.74. The summed E-state index contributed by atoms with van der Waals surface area (Å²) >= 11 is 6.40. The highest BCUT2D eigenvalue weighted by atomic mass is 35.5. The number of nitrogen functional groups attached to an aromatic ring is 1. The molecule has 4 aromatic heterocycles. The number of fused-ring (bicyclic) bond motifs is 1. The van der Waals surface area contributed by atoms with Crippen LogP contribution in [0.25, 0.3) is 28.0 Å². The van der Waals surface area contributed by atoms with Gasteiger partial charge in [-0.25, -0.2) is 9.97 Å². The van der Waals surface area contributed by atoms with E-state index in [1.165, 1.54) is 10.9 Å². The number of nitrogens with zero attached hydrogens (tertiary/aromatic N) is 7. The van der Waals surface area contributed by atoms with Crippen molar-refractivity contribution in [3.05, 3.63) is 69.8 Å². The van der Waals surface area contributed by atoms with Gasteiger partial charge in [-0.15, -0.1) is 0 Å². The number of aliphatic hydroxyl groups excluding tert-OH is 1. The highest BCUT2D eigenvalue weighted by Gasteiger charge is 2.23. The minimum Gasteiger partial charge on any atom is -0.394 e. The fraction of sp³-hybridized carbons (Fsp3) is 0.217. The number of nitrogens with two attached hydrogens (primary N) is 1. The lowest BCUT2D eigenvalue weighted by Crippen LogP contribution is -2.26. The molecule has 5 rings (SSSR count). The summed E-state index contributed by atoms with van der Waals surface area (Å²) in [4.78, 5) is 26.4. The first-order chi connectivity index (χ1) is 17.4. The van der Waals surface area contributed by atoms with Crippen LogP contribution >= 0.6 is 11.6 Å². The van der Waals surface area contributed by atoms with Gasteiger partial charge in [0, 0.05) is 12.3 Å². The van der Waals surface area contributed by atoms with E-state index in [1.807, 2.05) is 19.1 Å². The SMILES string of the molecule is Cc1noc(-c2c(N)ncnc2NC(C)c2cc3cccc(Cl)c3c(=O)n2-c2ccn(CCO)n2)n1. The van der Waals surface area contributed by atoms with E-state index in [9.17, 15) is 9.90 Å². The van der Waals surface area contributed by atoms with Gasteiger partial charge in [0.1, 0.15) is 23.5 Å². The van der Waals surface area contributed by atoms with Crippen molar-refractivity contribution in [1.82, 2.24) is 34.5 Å². The number of pyridine rings is 1. The minimum absolute atomic E-state index is 0.0859. The molecule has 1 aromatic carbocycles. The third kappa shape index (κ3) is 4.16. The van der Waals surface area contributed by atoms with E-state index in [1.54, 1.807) is 36.0 Å². The lowest BCUT2D eigenvalue weighted by atomic mass is 10.1. The summed E-state index contributed by atoms with van der Waals surface area (Å²) in [5.74, 6) is 1.51. The molecule has 0 amide bonds. The average Bonchev–Trinajstić information content (AvgIpc) is 3.48. The average molecular weight is 508 g/mol. The summed E-state index contributed by atoms with van der Waals surface area (Å²) < 4.78 is 8.35. The number of hydrogen-bond acceptors (Lipinski definition) is 10. The van der Waals surface area contributed by atoms with Crippen LogP contribution in [0, 0.1) is 6.92 Å². The Hall–Kier alpha value is -4.29. The van der Waals surface area contributed by atoms with Crippen LogP contribution in [-0.2, 0) is 6.54 Å². The molecule has 5 aromatic rings. The van der Waals surface area contributed by atoms with Gasteiger partial charge in [-0.3, -0.25) is 14.0 Å². The molecule has 13 heteroatoms. The molecule has 0 saturated carbocycles. The van der Waals surface area contributed by atoms with Crippen LogP contribution in [0.5, 0.6) is 0 Å². The number of anilines is 2. The molecule has 1 unspecified atom stereocenters. The Morgan fingerprint density at radius 2 is 2.11 bits per heavy atom. The number of rotatable bonds is 7. The molecule has 4 N–H and O–H groups in total. The monoisotopic (exact) mass is 507 g/mol. The molecule has 0 aliphatic rings. The van der Waals surface area contributed by atoms with Crippen LogP contribution in [0.2, 0.25) is 5.02 Å². The molecule has 0 saturated heterocycles. The molecule has 0 spiro atoms. The molecule has 1 atom stereocenters. The summed E-state index contributed by atoms with van der Waals surface area (Å²) in [6.07, 6.45) is 3.01. The fourth-order valence-electron chi connectivity index (χ4n) is 3.99. The Balaban J connectivity index is 1.66. The van der Waals surface area contributed by atoms with Crippen molar-refractivity contribution in [3.8, 4) is 17.3 Å². The van der Waals surface area contributed by atoms with Crippen molar-refractivity contribution in [2.75, 3.05) is 17.7 Å². The summed E-state index contributed by atoms with van der Waals surface area (Å²) in [5, 5.41) is 22.3. The van der Waals surface area contributed by atoms with Gasteiger partial charge in [-0.1, -0.05) is 28.9 Å². The smallest absolute Gasteiger partial charge is 0.266 e. The van der Waals surface area contributed by atoms with Crippen molar-refractivity contribution in [3.63, 3.8) is 0 Å². The van der Waals surface area contributed by atoms with Crippen LogP contribution in [-0.4, -0.2) is 46.2 Å². The van der Waals surface area contributed by atoms with Gasteiger partial charge < -0.3 is 20.7 Å². The topological polar surface area (TPSA) is 163 Å². The first kappa shape index (κ1) is 23.5. The number of halogens is 1. The number of nitrogens with one attached hydrogen (secondary N) is 1. The number of hydrogen-bond donors (Lipinski definition) is 3. The second kappa shape index (κ2) is 9.40. The summed E-state index contributed by atoms with van der Waals surface area (Å²) in [5.41, 5.74) is 6.74. The maximum absolute atomic E-state index is 13.7. The maximum atomic E-state index is 13.7. The van der Waals surface area contributed by atoms with Gasteiger partial charge in [0.05, 0.1) is 35.3 Å². The van der Waals surface area contributed by atoms with E-state index in [0.717, 1.165) is 0 Å². The molecular weight excluding hydrogens is 486 g/mol. The predicted molar refractivity (Wildman–Crippen MR) is 134 cm³/mol. The minimum atomic E-state index is -0.471. The van der Waals surface area contributed by atoms with Crippen molar-refractivity contribution in [1.29, 1.82) is 0 Å². The Bertz CT molecular complexity index is 1630. The molecule has 0 fully saturated rings. The van der Waals surface area contributed by atoms with Gasteiger partial charge >= 0.3 is 0 Å². The van der Waals surface area contributed by atoms with Gasteiger partial charge in [0.15, 0.2) is 11.6 Å². The zero-order chi connectivity index (χ0) is 25.4. The quantitative estimate of drug-likeness (QED) is 0.298.